The van der Waals surface area contributed by atoms with E-state index in [1.807, 2.05) is 48.5 Å². The predicted octanol–water partition coefficient (Wildman–Crippen LogP) is 3.49. The maximum Gasteiger partial charge on any atom is 0.329 e. The van der Waals surface area contributed by atoms with E-state index in [1.165, 1.54) is 0 Å². The van der Waals surface area contributed by atoms with E-state index in [9.17, 15) is 9.59 Å². The van der Waals surface area contributed by atoms with Gasteiger partial charge in [-0.1, -0.05) is 54.6 Å². The fourth-order valence-electron chi connectivity index (χ4n) is 3.71. The molecule has 158 valence electrons. The fourth-order valence-corrected chi connectivity index (χ4v) is 3.71. The molecule has 0 bridgehead atoms. The van der Waals surface area contributed by atoms with Crippen LogP contribution in [0.1, 0.15) is 11.1 Å². The van der Waals surface area contributed by atoms with E-state index in [1.54, 1.807) is 24.4 Å². The largest absolute Gasteiger partial charge is 0.454 e. The first-order valence-corrected chi connectivity index (χ1v) is 10.1. The van der Waals surface area contributed by atoms with Gasteiger partial charge in [-0.05, 0) is 45.3 Å². The lowest BCUT2D eigenvalue weighted by atomic mass is 9.97. The maximum atomic E-state index is 12.2. The van der Waals surface area contributed by atoms with Gasteiger partial charge in [0.2, 0.25) is 6.79 Å². The zero-order valence-electron chi connectivity index (χ0n) is 17.0. The summed E-state index contributed by atoms with van der Waals surface area (Å²) in [6.07, 6.45) is 1.58. The summed E-state index contributed by atoms with van der Waals surface area (Å²) in [4.78, 5) is 24.4. The number of benzene rings is 4. The zero-order valence-corrected chi connectivity index (χ0v) is 17.0. The van der Waals surface area contributed by atoms with E-state index >= 15 is 0 Å². The highest BCUT2D eigenvalue weighted by atomic mass is 16.7. The van der Waals surface area contributed by atoms with Crippen molar-refractivity contribution in [1.82, 2.24) is 10.7 Å². The number of fused-ring (bicyclic) bond motifs is 3. The van der Waals surface area contributed by atoms with Crippen molar-refractivity contribution in [1.29, 1.82) is 0 Å². The molecule has 0 aliphatic carbocycles. The van der Waals surface area contributed by atoms with Crippen molar-refractivity contribution in [3.05, 3.63) is 83.9 Å². The molecular formula is C25H19N3O4. The van der Waals surface area contributed by atoms with Gasteiger partial charge in [0.1, 0.15) is 0 Å². The minimum absolute atomic E-state index is 0.178. The number of carbonyl (C=O) groups is 2. The molecular weight excluding hydrogens is 406 g/mol. The lowest BCUT2D eigenvalue weighted by molar-refractivity contribution is -0.139. The minimum Gasteiger partial charge on any atom is -0.454 e. The van der Waals surface area contributed by atoms with E-state index in [-0.39, 0.29) is 13.3 Å². The van der Waals surface area contributed by atoms with Gasteiger partial charge in [0, 0.05) is 12.1 Å². The molecule has 7 nitrogen and oxygen atoms in total. The first-order valence-electron chi connectivity index (χ1n) is 10.1. The Hall–Kier alpha value is -4.39. The summed E-state index contributed by atoms with van der Waals surface area (Å²) < 4.78 is 10.6. The van der Waals surface area contributed by atoms with Gasteiger partial charge in [0.05, 0.1) is 6.21 Å². The highest BCUT2D eigenvalue weighted by Gasteiger charge is 2.15. The van der Waals surface area contributed by atoms with Crippen LogP contribution in [-0.4, -0.2) is 24.8 Å². The molecule has 0 unspecified atom stereocenters. The van der Waals surface area contributed by atoms with E-state index in [4.69, 9.17) is 9.47 Å². The minimum atomic E-state index is -0.841. The highest BCUT2D eigenvalue weighted by molar-refractivity contribution is 6.35. The van der Waals surface area contributed by atoms with Crippen molar-refractivity contribution in [2.24, 2.45) is 5.10 Å². The SMILES string of the molecule is O=C(NCc1ccc2c(c1)OCO2)C(=O)N/N=C/c1c2ccccc2cc2ccccc12. The second-order valence-electron chi connectivity index (χ2n) is 7.30. The molecule has 2 amide bonds. The van der Waals surface area contributed by atoms with Crippen molar-refractivity contribution in [3.8, 4) is 11.5 Å². The predicted molar refractivity (Wildman–Crippen MR) is 122 cm³/mol. The number of hydrogen-bond acceptors (Lipinski definition) is 5. The van der Waals surface area contributed by atoms with Crippen LogP contribution in [0, 0.1) is 0 Å². The molecule has 0 fully saturated rings. The fraction of sp³-hybridized carbons (Fsp3) is 0.0800. The third-order valence-electron chi connectivity index (χ3n) is 5.27. The number of rotatable bonds is 4. The van der Waals surface area contributed by atoms with Crippen LogP contribution in [0.3, 0.4) is 0 Å². The molecule has 1 aliphatic rings. The number of hydrogen-bond donors (Lipinski definition) is 2. The lowest BCUT2D eigenvalue weighted by Crippen LogP contribution is -2.37. The molecule has 32 heavy (non-hydrogen) atoms. The summed E-state index contributed by atoms with van der Waals surface area (Å²) in [5.41, 5.74) is 3.98. The topological polar surface area (TPSA) is 89.0 Å². The van der Waals surface area contributed by atoms with Crippen molar-refractivity contribution in [2.45, 2.75) is 6.54 Å². The second kappa shape index (κ2) is 8.39. The Morgan fingerprint density at radius 1 is 0.844 bits per heavy atom. The van der Waals surface area contributed by atoms with Crippen LogP contribution >= 0.6 is 0 Å². The standard InChI is InChI=1S/C25H19N3O4/c29-24(26-13-16-9-10-22-23(11-16)32-15-31-22)25(30)28-27-14-21-19-7-3-1-5-17(19)12-18-6-2-4-8-20(18)21/h1-12,14H,13,15H2,(H,26,29)(H,28,30)/b27-14+. The average Bonchev–Trinajstić information content (AvgIpc) is 3.30. The number of amides is 2. The van der Waals surface area contributed by atoms with E-state index in [0.29, 0.717) is 11.5 Å². The lowest BCUT2D eigenvalue weighted by Gasteiger charge is -2.08. The van der Waals surface area contributed by atoms with Crippen molar-refractivity contribution in [2.75, 3.05) is 6.79 Å². The van der Waals surface area contributed by atoms with E-state index in [0.717, 1.165) is 32.7 Å². The van der Waals surface area contributed by atoms with Crippen LogP contribution in [0.5, 0.6) is 11.5 Å². The number of nitrogens with zero attached hydrogens (tertiary/aromatic N) is 1. The van der Waals surface area contributed by atoms with Gasteiger partial charge in [-0.15, -0.1) is 0 Å². The van der Waals surface area contributed by atoms with E-state index < -0.39 is 11.8 Å². The highest BCUT2D eigenvalue weighted by Crippen LogP contribution is 2.32. The van der Waals surface area contributed by atoms with Crippen LogP contribution in [0.25, 0.3) is 21.5 Å². The molecule has 0 saturated heterocycles. The molecule has 0 saturated carbocycles. The van der Waals surface area contributed by atoms with Crippen molar-refractivity contribution in [3.63, 3.8) is 0 Å². The summed E-state index contributed by atoms with van der Waals surface area (Å²) in [6.45, 7) is 0.359. The third kappa shape index (κ3) is 3.83. The molecule has 0 radical (unpaired) electrons. The van der Waals surface area contributed by atoms with Crippen LogP contribution in [0.4, 0.5) is 0 Å². The molecule has 0 spiro atoms. The van der Waals surface area contributed by atoms with Crippen LogP contribution < -0.4 is 20.2 Å². The number of nitrogens with one attached hydrogen (secondary N) is 2. The molecule has 1 heterocycles. The molecule has 2 N–H and O–H groups in total. The molecule has 1 aliphatic heterocycles. The summed E-state index contributed by atoms with van der Waals surface area (Å²) in [6, 6.07) is 23.4. The van der Waals surface area contributed by atoms with Gasteiger partial charge in [0.25, 0.3) is 0 Å². The van der Waals surface area contributed by atoms with Gasteiger partial charge >= 0.3 is 11.8 Å². The summed E-state index contributed by atoms with van der Waals surface area (Å²) in [5, 5.41) is 10.8. The monoisotopic (exact) mass is 425 g/mol. The second-order valence-corrected chi connectivity index (χ2v) is 7.30. The van der Waals surface area contributed by atoms with Crippen molar-refractivity contribution >= 4 is 39.6 Å². The summed E-state index contributed by atoms with van der Waals surface area (Å²) in [5.74, 6) is -0.338. The van der Waals surface area contributed by atoms with Crippen LogP contribution in [0.2, 0.25) is 0 Å². The Balaban J connectivity index is 1.28. The normalized spacial score (nSPS) is 12.4. The Morgan fingerprint density at radius 2 is 1.53 bits per heavy atom. The average molecular weight is 425 g/mol. The molecule has 5 rings (SSSR count). The van der Waals surface area contributed by atoms with Gasteiger partial charge in [-0.3, -0.25) is 9.59 Å². The summed E-state index contributed by atoms with van der Waals surface area (Å²) in [7, 11) is 0. The van der Waals surface area contributed by atoms with Crippen LogP contribution in [-0.2, 0) is 16.1 Å². The first kappa shape index (κ1) is 19.6. The van der Waals surface area contributed by atoms with E-state index in [2.05, 4.69) is 21.9 Å². The van der Waals surface area contributed by atoms with Crippen LogP contribution in [0.15, 0.2) is 77.9 Å². The third-order valence-corrected chi connectivity index (χ3v) is 5.27. The van der Waals surface area contributed by atoms with Gasteiger partial charge in [-0.2, -0.15) is 5.10 Å². The maximum absolute atomic E-state index is 12.2. The Bertz CT molecular complexity index is 1330. The Labute approximate surface area is 183 Å². The Kier molecular flexibility index (Phi) is 5.13. The van der Waals surface area contributed by atoms with Gasteiger partial charge < -0.3 is 14.8 Å². The molecule has 0 aromatic heterocycles. The molecule has 0 atom stereocenters. The van der Waals surface area contributed by atoms with Gasteiger partial charge in [0.15, 0.2) is 11.5 Å². The first-order chi connectivity index (χ1) is 15.7. The smallest absolute Gasteiger partial charge is 0.329 e. The molecule has 7 heteroatoms. The number of carbonyl (C=O) groups excluding carboxylic acids is 2. The zero-order chi connectivity index (χ0) is 21.9. The molecule has 4 aromatic rings. The van der Waals surface area contributed by atoms with Gasteiger partial charge in [-0.25, -0.2) is 5.43 Å². The van der Waals surface area contributed by atoms with Crippen molar-refractivity contribution < 1.29 is 19.1 Å². The number of ether oxygens (including phenoxy) is 2. The molecule has 4 aromatic carbocycles. The quantitative estimate of drug-likeness (QED) is 0.227. The summed E-state index contributed by atoms with van der Waals surface area (Å²) >= 11 is 0. The Morgan fingerprint density at radius 3 is 2.28 bits per heavy atom. The number of hydrazone groups is 1.